The van der Waals surface area contributed by atoms with Crippen molar-refractivity contribution in [2.75, 3.05) is 11.9 Å². The summed E-state index contributed by atoms with van der Waals surface area (Å²) < 4.78 is 0. The van der Waals surface area contributed by atoms with Crippen molar-refractivity contribution in [2.24, 2.45) is 5.92 Å². The molecule has 1 atom stereocenters. The quantitative estimate of drug-likeness (QED) is 0.207. The number of fused-ring (bicyclic) bond motifs is 1. The van der Waals surface area contributed by atoms with Gasteiger partial charge in [0.25, 0.3) is 0 Å². The molecule has 44 heavy (non-hydrogen) atoms. The molecule has 0 aliphatic heterocycles. The van der Waals surface area contributed by atoms with E-state index in [1.165, 1.54) is 16.7 Å². The lowest BCUT2D eigenvalue weighted by atomic mass is 9.71. The Hall–Kier alpha value is -3.57. The van der Waals surface area contributed by atoms with Gasteiger partial charge in [0.2, 0.25) is 0 Å². The first kappa shape index (κ1) is 33.3. The standard InChI is InChI=1S/C38H46ClNO4/c1-37(2,32-13-7-8-14-33(32)40-25-23-35(43)44)24-9-11-28-17-18-29(36(28)39)19-21-31-27(20-22-34(41)42)16-15-26-10-5-6-12-30(26)38(31,3)4/h5-14,19,21,27,40H,15-18,20,22-25H2,1-4H3,(H,41,42)(H,43,44). The third-order valence-electron chi connectivity index (χ3n) is 9.27. The molecule has 4 rings (SSSR count). The number of carboxylic acid groups (broad SMARTS) is 2. The Morgan fingerprint density at radius 3 is 2.43 bits per heavy atom. The molecule has 0 spiro atoms. The van der Waals surface area contributed by atoms with Gasteiger partial charge in [-0.15, -0.1) is 0 Å². The van der Waals surface area contributed by atoms with E-state index < -0.39 is 11.9 Å². The van der Waals surface area contributed by atoms with Crippen molar-refractivity contribution in [2.45, 2.75) is 89.9 Å². The first-order valence-electron chi connectivity index (χ1n) is 15.7. The number of hydrogen-bond acceptors (Lipinski definition) is 3. The predicted octanol–water partition coefficient (Wildman–Crippen LogP) is 9.34. The highest BCUT2D eigenvalue weighted by Crippen LogP contribution is 2.45. The zero-order valence-corrected chi connectivity index (χ0v) is 27.2. The van der Waals surface area contributed by atoms with E-state index in [4.69, 9.17) is 16.7 Å². The Kier molecular flexibility index (Phi) is 11.0. The van der Waals surface area contributed by atoms with E-state index in [0.29, 0.717) is 13.0 Å². The lowest BCUT2D eigenvalue weighted by Gasteiger charge is -2.33. The largest absolute Gasteiger partial charge is 0.481 e. The second kappa shape index (κ2) is 14.5. The van der Waals surface area contributed by atoms with E-state index >= 15 is 0 Å². The molecule has 234 valence electrons. The average molecular weight is 616 g/mol. The maximum atomic E-state index is 11.5. The highest BCUT2D eigenvalue weighted by Gasteiger charge is 2.35. The molecule has 2 aliphatic carbocycles. The third kappa shape index (κ3) is 8.12. The molecular formula is C38H46ClNO4. The first-order chi connectivity index (χ1) is 20.9. The maximum Gasteiger partial charge on any atom is 0.305 e. The zero-order chi connectivity index (χ0) is 31.9. The molecule has 0 heterocycles. The number of benzene rings is 2. The van der Waals surface area contributed by atoms with Crippen LogP contribution in [-0.4, -0.2) is 28.7 Å². The molecule has 0 saturated carbocycles. The number of aliphatic carboxylic acids is 2. The van der Waals surface area contributed by atoms with Crippen molar-refractivity contribution in [3.05, 3.63) is 111 Å². The second-order valence-electron chi connectivity index (χ2n) is 13.2. The van der Waals surface area contributed by atoms with Gasteiger partial charge in [-0.1, -0.05) is 112 Å². The second-order valence-corrected chi connectivity index (χ2v) is 13.6. The molecule has 2 aromatic rings. The summed E-state index contributed by atoms with van der Waals surface area (Å²) in [6.45, 7) is 9.31. The fourth-order valence-corrected chi connectivity index (χ4v) is 7.09. The topological polar surface area (TPSA) is 86.6 Å². The van der Waals surface area contributed by atoms with Crippen LogP contribution < -0.4 is 5.32 Å². The normalized spacial score (nSPS) is 20.2. The van der Waals surface area contributed by atoms with Crippen LogP contribution in [0.25, 0.3) is 0 Å². The van der Waals surface area contributed by atoms with Gasteiger partial charge in [0.1, 0.15) is 0 Å². The number of rotatable bonds is 12. The number of anilines is 1. The van der Waals surface area contributed by atoms with Crippen LogP contribution in [0, 0.1) is 5.92 Å². The van der Waals surface area contributed by atoms with E-state index in [-0.39, 0.29) is 29.6 Å². The van der Waals surface area contributed by atoms with Crippen LogP contribution in [0.5, 0.6) is 0 Å². The van der Waals surface area contributed by atoms with Gasteiger partial charge in [-0.2, -0.15) is 0 Å². The van der Waals surface area contributed by atoms with Crippen LogP contribution in [-0.2, 0) is 26.8 Å². The van der Waals surface area contributed by atoms with E-state index in [0.717, 1.165) is 59.5 Å². The van der Waals surface area contributed by atoms with Crippen molar-refractivity contribution >= 4 is 29.2 Å². The number of carboxylic acids is 2. The van der Waals surface area contributed by atoms with Crippen molar-refractivity contribution in [3.8, 4) is 0 Å². The monoisotopic (exact) mass is 615 g/mol. The molecular weight excluding hydrogens is 570 g/mol. The summed E-state index contributed by atoms with van der Waals surface area (Å²) in [5, 5.41) is 22.5. The Balaban J connectivity index is 1.54. The summed E-state index contributed by atoms with van der Waals surface area (Å²) in [6.07, 6.45) is 14.1. The van der Waals surface area contributed by atoms with Gasteiger partial charge in [-0.3, -0.25) is 9.59 Å². The minimum absolute atomic E-state index is 0.0711. The molecule has 3 N–H and O–H groups in total. The lowest BCUT2D eigenvalue weighted by molar-refractivity contribution is -0.138. The summed E-state index contributed by atoms with van der Waals surface area (Å²) in [5.74, 6) is -1.37. The van der Waals surface area contributed by atoms with Gasteiger partial charge >= 0.3 is 11.9 Å². The fraction of sp³-hybridized carbons (Fsp3) is 0.421. The van der Waals surface area contributed by atoms with Crippen LogP contribution in [0.2, 0.25) is 0 Å². The minimum atomic E-state index is -0.815. The van der Waals surface area contributed by atoms with Gasteiger partial charge in [-0.25, -0.2) is 0 Å². The zero-order valence-electron chi connectivity index (χ0n) is 26.5. The van der Waals surface area contributed by atoms with Gasteiger partial charge in [-0.05, 0) is 83.8 Å². The fourth-order valence-electron chi connectivity index (χ4n) is 6.78. The van der Waals surface area contributed by atoms with Gasteiger partial charge in [0, 0.05) is 29.1 Å². The molecule has 0 bridgehead atoms. The van der Waals surface area contributed by atoms with Crippen LogP contribution in [0.3, 0.4) is 0 Å². The summed E-state index contributed by atoms with van der Waals surface area (Å²) in [4.78, 5) is 22.5. The summed E-state index contributed by atoms with van der Waals surface area (Å²) in [6, 6.07) is 16.7. The molecule has 0 radical (unpaired) electrons. The smallest absolute Gasteiger partial charge is 0.305 e. The number of nitrogens with one attached hydrogen (secondary N) is 1. The molecule has 1 unspecified atom stereocenters. The molecule has 0 aromatic heterocycles. The lowest BCUT2D eigenvalue weighted by Crippen LogP contribution is -2.25. The van der Waals surface area contributed by atoms with E-state index in [9.17, 15) is 14.7 Å². The Morgan fingerprint density at radius 1 is 0.977 bits per heavy atom. The molecule has 0 amide bonds. The molecule has 5 nitrogen and oxygen atoms in total. The van der Waals surface area contributed by atoms with Crippen molar-refractivity contribution in [3.63, 3.8) is 0 Å². The number of para-hydroxylation sites is 1. The molecule has 0 fully saturated rings. The molecule has 2 aliphatic rings. The van der Waals surface area contributed by atoms with E-state index in [1.807, 2.05) is 18.2 Å². The van der Waals surface area contributed by atoms with Crippen LogP contribution in [0.1, 0.15) is 89.3 Å². The predicted molar refractivity (Wildman–Crippen MR) is 180 cm³/mol. The minimum Gasteiger partial charge on any atom is -0.481 e. The third-order valence-corrected chi connectivity index (χ3v) is 9.76. The van der Waals surface area contributed by atoms with Gasteiger partial charge in [0.05, 0.1) is 6.42 Å². The number of hydrogen-bond donors (Lipinski definition) is 3. The number of allylic oxidation sites excluding steroid dienone is 8. The number of carbonyl (C=O) groups is 2. The highest BCUT2D eigenvalue weighted by atomic mass is 35.5. The van der Waals surface area contributed by atoms with Crippen molar-refractivity contribution < 1.29 is 19.8 Å². The number of halogens is 1. The van der Waals surface area contributed by atoms with Crippen LogP contribution in [0.4, 0.5) is 5.69 Å². The first-order valence-corrected chi connectivity index (χ1v) is 16.1. The van der Waals surface area contributed by atoms with Gasteiger partial charge < -0.3 is 15.5 Å². The van der Waals surface area contributed by atoms with Crippen LogP contribution >= 0.6 is 11.6 Å². The number of aryl methyl sites for hydroxylation is 1. The maximum absolute atomic E-state index is 11.5. The Bertz CT molecular complexity index is 1490. The molecule has 2 aromatic carbocycles. The van der Waals surface area contributed by atoms with Crippen LogP contribution in [0.15, 0.2) is 94.6 Å². The van der Waals surface area contributed by atoms with E-state index in [1.54, 1.807) is 0 Å². The summed E-state index contributed by atoms with van der Waals surface area (Å²) in [5.41, 5.74) is 7.95. The average Bonchev–Trinajstić information content (AvgIpc) is 3.27. The molecule has 6 heteroatoms. The Labute approximate surface area is 267 Å². The highest BCUT2D eigenvalue weighted by molar-refractivity contribution is 6.33. The van der Waals surface area contributed by atoms with Gasteiger partial charge in [0.15, 0.2) is 0 Å². The Morgan fingerprint density at radius 2 is 1.68 bits per heavy atom. The van der Waals surface area contributed by atoms with Crippen molar-refractivity contribution in [1.29, 1.82) is 0 Å². The molecule has 0 saturated heterocycles. The summed E-state index contributed by atoms with van der Waals surface area (Å²) >= 11 is 6.96. The SMILES string of the molecule is CC(C)(CC=CC1=C(Cl)C(=CC=C2C(CCC(=O)O)CCc3ccccc3C2(C)C)CC1)c1ccccc1NCCC(=O)O. The van der Waals surface area contributed by atoms with E-state index in [2.05, 4.69) is 87.6 Å². The summed E-state index contributed by atoms with van der Waals surface area (Å²) in [7, 11) is 0. The van der Waals surface area contributed by atoms with Crippen molar-refractivity contribution in [1.82, 2.24) is 0 Å².